The molecule has 39 heavy (non-hydrogen) atoms. The van der Waals surface area contributed by atoms with E-state index in [1.54, 1.807) is 23.2 Å². The summed E-state index contributed by atoms with van der Waals surface area (Å²) in [7, 11) is 0. The van der Waals surface area contributed by atoms with E-state index in [-0.39, 0.29) is 12.3 Å². The van der Waals surface area contributed by atoms with Crippen molar-refractivity contribution < 1.29 is 14.6 Å². The number of aromatic hydroxyl groups is 1. The van der Waals surface area contributed by atoms with Gasteiger partial charge < -0.3 is 20.5 Å². The SMILES string of the molecule is CC(C)(C)OC(=O)N(Cc1ccc(CN[C@H]2CCCC[C@H]2NCc2ccccn2)cc1)Cc1ncccc1O. The van der Waals surface area contributed by atoms with Crippen molar-refractivity contribution in [3.63, 3.8) is 0 Å². The van der Waals surface area contributed by atoms with Gasteiger partial charge in [0.1, 0.15) is 17.0 Å². The molecule has 1 amide bonds. The first-order valence-corrected chi connectivity index (χ1v) is 13.8. The van der Waals surface area contributed by atoms with Gasteiger partial charge in [-0.2, -0.15) is 0 Å². The molecule has 0 radical (unpaired) electrons. The lowest BCUT2D eigenvalue weighted by molar-refractivity contribution is 0.0213. The lowest BCUT2D eigenvalue weighted by Crippen LogP contribution is -2.49. The van der Waals surface area contributed by atoms with Gasteiger partial charge in [-0.25, -0.2) is 4.79 Å². The van der Waals surface area contributed by atoms with Crippen molar-refractivity contribution in [1.29, 1.82) is 0 Å². The summed E-state index contributed by atoms with van der Waals surface area (Å²) < 4.78 is 5.63. The van der Waals surface area contributed by atoms with Crippen LogP contribution in [0.4, 0.5) is 4.79 Å². The van der Waals surface area contributed by atoms with E-state index in [1.807, 2.05) is 51.2 Å². The van der Waals surface area contributed by atoms with Crippen LogP contribution in [0.3, 0.4) is 0 Å². The molecular formula is C31H41N5O3. The predicted molar refractivity (Wildman–Crippen MR) is 152 cm³/mol. The maximum Gasteiger partial charge on any atom is 0.410 e. The second-order valence-electron chi connectivity index (χ2n) is 11.2. The van der Waals surface area contributed by atoms with E-state index in [0.717, 1.165) is 37.2 Å². The Bertz CT molecular complexity index is 1180. The van der Waals surface area contributed by atoms with Crippen LogP contribution in [0.2, 0.25) is 0 Å². The van der Waals surface area contributed by atoms with Crippen molar-refractivity contribution in [2.75, 3.05) is 0 Å². The van der Waals surface area contributed by atoms with E-state index in [4.69, 9.17) is 4.74 Å². The molecular weight excluding hydrogens is 490 g/mol. The summed E-state index contributed by atoms with van der Waals surface area (Å²) in [4.78, 5) is 23.2. The minimum Gasteiger partial charge on any atom is -0.506 e. The van der Waals surface area contributed by atoms with Gasteiger partial charge in [0.25, 0.3) is 0 Å². The van der Waals surface area contributed by atoms with Gasteiger partial charge in [-0.05, 0) is 69.0 Å². The maximum absolute atomic E-state index is 13.0. The highest BCUT2D eigenvalue weighted by Crippen LogP contribution is 2.21. The lowest BCUT2D eigenvalue weighted by Gasteiger charge is -2.33. The lowest BCUT2D eigenvalue weighted by atomic mass is 9.90. The summed E-state index contributed by atoms with van der Waals surface area (Å²) in [6.07, 6.45) is 7.81. The number of nitrogens with zero attached hydrogens (tertiary/aromatic N) is 3. The first-order chi connectivity index (χ1) is 18.8. The Morgan fingerprint density at radius 1 is 0.897 bits per heavy atom. The van der Waals surface area contributed by atoms with Crippen molar-refractivity contribution >= 4 is 6.09 Å². The number of aromatic nitrogens is 2. The smallest absolute Gasteiger partial charge is 0.410 e. The summed E-state index contributed by atoms with van der Waals surface area (Å²) in [5.41, 5.74) is 3.05. The van der Waals surface area contributed by atoms with E-state index >= 15 is 0 Å². The molecule has 0 unspecified atom stereocenters. The van der Waals surface area contributed by atoms with Gasteiger partial charge in [-0.1, -0.05) is 43.2 Å². The summed E-state index contributed by atoms with van der Waals surface area (Å²) in [5, 5.41) is 17.7. The number of carbonyl (C=O) groups is 1. The predicted octanol–water partition coefficient (Wildman–Crippen LogP) is 5.31. The molecule has 3 N–H and O–H groups in total. The number of carbonyl (C=O) groups excluding carboxylic acids is 1. The Balaban J connectivity index is 1.35. The zero-order valence-corrected chi connectivity index (χ0v) is 23.3. The van der Waals surface area contributed by atoms with Gasteiger partial charge in [0, 0.05) is 44.1 Å². The van der Waals surface area contributed by atoms with Gasteiger partial charge in [-0.15, -0.1) is 0 Å². The normalized spacial score (nSPS) is 17.5. The number of nitrogens with one attached hydrogen (secondary N) is 2. The number of hydrogen-bond donors (Lipinski definition) is 3. The van der Waals surface area contributed by atoms with Gasteiger partial charge in [0.05, 0.1) is 12.2 Å². The fourth-order valence-electron chi connectivity index (χ4n) is 4.83. The first kappa shape index (κ1) is 28.5. The Morgan fingerprint density at radius 2 is 1.56 bits per heavy atom. The Kier molecular flexibility index (Phi) is 9.90. The van der Waals surface area contributed by atoms with E-state index in [0.29, 0.717) is 24.3 Å². The molecule has 8 nitrogen and oxygen atoms in total. The first-order valence-electron chi connectivity index (χ1n) is 13.8. The fourth-order valence-corrected chi connectivity index (χ4v) is 4.83. The topological polar surface area (TPSA) is 99.6 Å². The summed E-state index contributed by atoms with van der Waals surface area (Å²) in [5.74, 6) is 0.0584. The molecule has 2 aromatic heterocycles. The average molecular weight is 532 g/mol. The van der Waals surface area contributed by atoms with Crippen LogP contribution in [0.15, 0.2) is 67.0 Å². The molecule has 4 rings (SSSR count). The molecule has 1 aliphatic rings. The molecule has 3 aromatic rings. The largest absolute Gasteiger partial charge is 0.506 e. The molecule has 0 saturated heterocycles. The van der Waals surface area contributed by atoms with Crippen LogP contribution < -0.4 is 10.6 Å². The molecule has 1 saturated carbocycles. The molecule has 1 aromatic carbocycles. The molecule has 208 valence electrons. The molecule has 0 aliphatic heterocycles. The summed E-state index contributed by atoms with van der Waals surface area (Å²) in [6.45, 7) is 7.59. The highest BCUT2D eigenvalue weighted by molar-refractivity contribution is 5.68. The van der Waals surface area contributed by atoms with Gasteiger partial charge >= 0.3 is 6.09 Å². The minimum atomic E-state index is -0.625. The maximum atomic E-state index is 13.0. The van der Waals surface area contributed by atoms with E-state index in [9.17, 15) is 9.90 Å². The molecule has 0 bridgehead atoms. The van der Waals surface area contributed by atoms with Crippen LogP contribution >= 0.6 is 0 Å². The molecule has 2 heterocycles. The number of ether oxygens (including phenoxy) is 1. The second-order valence-corrected chi connectivity index (χ2v) is 11.2. The van der Waals surface area contributed by atoms with E-state index in [2.05, 4.69) is 38.8 Å². The third-order valence-electron chi connectivity index (χ3n) is 6.86. The highest BCUT2D eigenvalue weighted by Gasteiger charge is 2.25. The van der Waals surface area contributed by atoms with Crippen molar-refractivity contribution in [2.45, 2.75) is 90.3 Å². The number of benzene rings is 1. The zero-order chi connectivity index (χ0) is 27.7. The van der Waals surface area contributed by atoms with Crippen molar-refractivity contribution in [3.05, 3.63) is 89.5 Å². The van der Waals surface area contributed by atoms with E-state index in [1.165, 1.54) is 18.4 Å². The van der Waals surface area contributed by atoms with E-state index < -0.39 is 11.7 Å². The van der Waals surface area contributed by atoms with Crippen LogP contribution in [0.25, 0.3) is 0 Å². The van der Waals surface area contributed by atoms with Gasteiger partial charge in [0.15, 0.2) is 0 Å². The van der Waals surface area contributed by atoms with Crippen LogP contribution in [0.1, 0.15) is 69.0 Å². The Hall–Kier alpha value is -3.49. The van der Waals surface area contributed by atoms with Gasteiger partial charge in [0.2, 0.25) is 0 Å². The second kappa shape index (κ2) is 13.5. The highest BCUT2D eigenvalue weighted by atomic mass is 16.6. The van der Waals surface area contributed by atoms with Crippen LogP contribution in [-0.4, -0.2) is 43.8 Å². The standard InChI is InChI=1S/C31H41N5O3/c1-31(2,3)39-30(38)36(22-28-29(37)12-8-18-33-28)21-24-15-13-23(14-16-24)19-34-26-10-4-5-11-27(26)35-20-25-9-6-7-17-32-25/h6-9,12-18,26-27,34-35,37H,4-5,10-11,19-22H2,1-3H3/t26-,27+/m0/s1. The van der Waals surface area contributed by atoms with Crippen LogP contribution in [0, 0.1) is 0 Å². The third-order valence-corrected chi connectivity index (χ3v) is 6.86. The Morgan fingerprint density at radius 3 is 2.21 bits per heavy atom. The number of hydrogen-bond acceptors (Lipinski definition) is 7. The molecule has 0 spiro atoms. The number of pyridine rings is 2. The molecule has 2 atom stereocenters. The molecule has 8 heteroatoms. The number of rotatable bonds is 10. The quantitative estimate of drug-likeness (QED) is 0.326. The summed E-state index contributed by atoms with van der Waals surface area (Å²) >= 11 is 0. The average Bonchev–Trinajstić information content (AvgIpc) is 2.92. The van der Waals surface area contributed by atoms with Crippen molar-refractivity contribution in [1.82, 2.24) is 25.5 Å². The van der Waals surface area contributed by atoms with Gasteiger partial charge in [-0.3, -0.25) is 14.9 Å². The van der Waals surface area contributed by atoms with Crippen LogP contribution in [0.5, 0.6) is 5.75 Å². The summed E-state index contributed by atoms with van der Waals surface area (Å²) in [6, 6.07) is 18.4. The van der Waals surface area contributed by atoms with Crippen molar-refractivity contribution in [2.24, 2.45) is 0 Å². The monoisotopic (exact) mass is 531 g/mol. The number of amides is 1. The van der Waals surface area contributed by atoms with Crippen LogP contribution in [-0.2, 0) is 30.9 Å². The third kappa shape index (κ3) is 9.04. The molecule has 1 fully saturated rings. The minimum absolute atomic E-state index is 0.0584. The fraction of sp³-hybridized carbons (Fsp3) is 0.452. The zero-order valence-electron chi connectivity index (χ0n) is 23.3. The Labute approximate surface area is 231 Å². The van der Waals surface area contributed by atoms with Crippen molar-refractivity contribution in [3.8, 4) is 5.75 Å². The molecule has 1 aliphatic carbocycles.